The number of hydrogen-bond acceptors (Lipinski definition) is 2. The molecule has 0 rings (SSSR count). The first-order valence-corrected chi connectivity index (χ1v) is 4.30. The van der Waals surface area contributed by atoms with Crippen molar-refractivity contribution in [1.29, 1.82) is 0 Å². The standard InChI is InChI=1S/C8H20N2.BrH/c1-3-5-7-10(9)8-6-4-2;/h3-9H2,1-2H3;1H. The average molecular weight is 225 g/mol. The first kappa shape index (κ1) is 14.0. The van der Waals surface area contributed by atoms with Gasteiger partial charge in [0, 0.05) is 13.1 Å². The number of rotatable bonds is 6. The van der Waals surface area contributed by atoms with Crippen molar-refractivity contribution in [2.75, 3.05) is 13.1 Å². The fraction of sp³-hybridized carbons (Fsp3) is 1.00. The lowest BCUT2D eigenvalue weighted by Crippen LogP contribution is -2.32. The van der Waals surface area contributed by atoms with E-state index in [0.717, 1.165) is 13.1 Å². The van der Waals surface area contributed by atoms with Crippen molar-refractivity contribution >= 4 is 17.0 Å². The molecule has 0 aromatic heterocycles. The van der Waals surface area contributed by atoms with Crippen LogP contribution in [0.25, 0.3) is 0 Å². The van der Waals surface area contributed by atoms with Gasteiger partial charge in [0.1, 0.15) is 0 Å². The summed E-state index contributed by atoms with van der Waals surface area (Å²) in [6.45, 7) is 6.48. The zero-order valence-corrected chi connectivity index (χ0v) is 9.39. The van der Waals surface area contributed by atoms with Crippen molar-refractivity contribution in [2.45, 2.75) is 39.5 Å². The van der Waals surface area contributed by atoms with E-state index in [9.17, 15) is 0 Å². The maximum Gasteiger partial charge on any atom is 0.0128 e. The van der Waals surface area contributed by atoms with E-state index in [4.69, 9.17) is 5.84 Å². The number of nitrogens with two attached hydrogens (primary N) is 1. The maximum atomic E-state index is 5.68. The predicted octanol–water partition coefficient (Wildman–Crippen LogP) is 2.34. The number of hydrazine groups is 1. The van der Waals surface area contributed by atoms with E-state index < -0.39 is 0 Å². The SMILES string of the molecule is Br.CCCCN(N)CCCC. The Bertz CT molecular complexity index is 61.1. The Morgan fingerprint density at radius 3 is 1.64 bits per heavy atom. The van der Waals surface area contributed by atoms with Gasteiger partial charge in [-0.2, -0.15) is 0 Å². The molecule has 0 aliphatic rings. The fourth-order valence-corrected chi connectivity index (χ4v) is 0.834. The summed E-state index contributed by atoms with van der Waals surface area (Å²) in [6, 6.07) is 0. The summed E-state index contributed by atoms with van der Waals surface area (Å²) in [4.78, 5) is 0. The molecule has 3 heteroatoms. The van der Waals surface area contributed by atoms with Crippen LogP contribution in [-0.2, 0) is 0 Å². The molecule has 2 nitrogen and oxygen atoms in total. The zero-order chi connectivity index (χ0) is 7.82. The molecule has 0 fully saturated rings. The Balaban J connectivity index is 0. The molecule has 0 unspecified atom stereocenters. The number of hydrogen-bond donors (Lipinski definition) is 1. The second kappa shape index (κ2) is 10.4. The molecule has 0 spiro atoms. The van der Waals surface area contributed by atoms with Gasteiger partial charge >= 0.3 is 0 Å². The van der Waals surface area contributed by atoms with Gasteiger partial charge < -0.3 is 0 Å². The fourth-order valence-electron chi connectivity index (χ4n) is 0.834. The zero-order valence-electron chi connectivity index (χ0n) is 7.68. The maximum absolute atomic E-state index is 5.68. The third kappa shape index (κ3) is 10.4. The van der Waals surface area contributed by atoms with Crippen LogP contribution >= 0.6 is 17.0 Å². The van der Waals surface area contributed by atoms with Gasteiger partial charge in [-0.1, -0.05) is 26.7 Å². The molecule has 0 aromatic carbocycles. The second-order valence-corrected chi connectivity index (χ2v) is 2.74. The largest absolute Gasteiger partial charge is 0.269 e. The molecule has 0 aliphatic carbocycles. The lowest BCUT2D eigenvalue weighted by atomic mass is 10.3. The highest BCUT2D eigenvalue weighted by atomic mass is 79.9. The van der Waals surface area contributed by atoms with Crippen LogP contribution in [0, 0.1) is 0 Å². The Morgan fingerprint density at radius 1 is 1.00 bits per heavy atom. The quantitative estimate of drug-likeness (QED) is 0.555. The molecule has 11 heavy (non-hydrogen) atoms. The Labute approximate surface area is 80.9 Å². The molecule has 0 saturated carbocycles. The summed E-state index contributed by atoms with van der Waals surface area (Å²) in [5.41, 5.74) is 0. The van der Waals surface area contributed by atoms with Gasteiger partial charge in [-0.05, 0) is 12.8 Å². The molecule has 0 saturated heterocycles. The number of nitrogens with zero attached hydrogens (tertiary/aromatic N) is 1. The summed E-state index contributed by atoms with van der Waals surface area (Å²) >= 11 is 0. The van der Waals surface area contributed by atoms with Crippen LogP contribution in [0.15, 0.2) is 0 Å². The van der Waals surface area contributed by atoms with E-state index in [0.29, 0.717) is 0 Å². The Hall–Kier alpha value is 0.400. The summed E-state index contributed by atoms with van der Waals surface area (Å²) in [5.74, 6) is 5.68. The molecule has 0 radical (unpaired) electrons. The van der Waals surface area contributed by atoms with Crippen molar-refractivity contribution in [3.63, 3.8) is 0 Å². The molecule has 0 aromatic rings. The van der Waals surface area contributed by atoms with Crippen molar-refractivity contribution in [3.05, 3.63) is 0 Å². The van der Waals surface area contributed by atoms with Crippen LogP contribution < -0.4 is 5.84 Å². The Morgan fingerprint density at radius 2 is 1.36 bits per heavy atom. The van der Waals surface area contributed by atoms with Crippen molar-refractivity contribution in [2.24, 2.45) is 5.84 Å². The second-order valence-electron chi connectivity index (χ2n) is 2.74. The monoisotopic (exact) mass is 224 g/mol. The van der Waals surface area contributed by atoms with Gasteiger partial charge in [0.05, 0.1) is 0 Å². The van der Waals surface area contributed by atoms with Crippen LogP contribution in [0.1, 0.15) is 39.5 Å². The van der Waals surface area contributed by atoms with E-state index in [2.05, 4.69) is 13.8 Å². The van der Waals surface area contributed by atoms with E-state index in [1.165, 1.54) is 25.7 Å². The molecule has 0 heterocycles. The average Bonchev–Trinajstić information content (AvgIpc) is 1.97. The van der Waals surface area contributed by atoms with E-state index in [1.54, 1.807) is 0 Å². The molecular formula is C8H21BrN2. The normalized spacial score (nSPS) is 9.82. The third-order valence-electron chi connectivity index (χ3n) is 1.60. The number of unbranched alkanes of at least 4 members (excludes halogenated alkanes) is 2. The third-order valence-corrected chi connectivity index (χ3v) is 1.60. The lowest BCUT2D eigenvalue weighted by molar-refractivity contribution is 0.274. The van der Waals surface area contributed by atoms with Gasteiger partial charge in [-0.3, -0.25) is 5.84 Å². The Kier molecular flexibility index (Phi) is 13.2. The van der Waals surface area contributed by atoms with Crippen LogP contribution in [-0.4, -0.2) is 18.1 Å². The van der Waals surface area contributed by atoms with E-state index in [1.807, 2.05) is 5.01 Å². The number of halogens is 1. The lowest BCUT2D eigenvalue weighted by Gasteiger charge is -2.14. The molecule has 0 atom stereocenters. The smallest absolute Gasteiger partial charge is 0.0128 e. The summed E-state index contributed by atoms with van der Waals surface area (Å²) in [6.07, 6.45) is 4.92. The molecule has 2 N–H and O–H groups in total. The predicted molar refractivity (Wildman–Crippen MR) is 55.9 cm³/mol. The van der Waals surface area contributed by atoms with Crippen LogP contribution in [0.3, 0.4) is 0 Å². The topological polar surface area (TPSA) is 29.3 Å². The van der Waals surface area contributed by atoms with Gasteiger partial charge in [0.25, 0.3) is 0 Å². The molecular weight excluding hydrogens is 204 g/mol. The first-order chi connectivity index (χ1) is 4.81. The van der Waals surface area contributed by atoms with Gasteiger partial charge in [0.2, 0.25) is 0 Å². The van der Waals surface area contributed by atoms with Crippen LogP contribution in [0.2, 0.25) is 0 Å². The van der Waals surface area contributed by atoms with Crippen molar-refractivity contribution < 1.29 is 0 Å². The summed E-state index contributed by atoms with van der Waals surface area (Å²) in [7, 11) is 0. The minimum Gasteiger partial charge on any atom is -0.269 e. The first-order valence-electron chi connectivity index (χ1n) is 4.30. The van der Waals surface area contributed by atoms with E-state index in [-0.39, 0.29) is 17.0 Å². The highest BCUT2D eigenvalue weighted by Gasteiger charge is 1.94. The van der Waals surface area contributed by atoms with Crippen LogP contribution in [0.4, 0.5) is 0 Å². The highest BCUT2D eigenvalue weighted by Crippen LogP contribution is 1.92. The van der Waals surface area contributed by atoms with Crippen LogP contribution in [0.5, 0.6) is 0 Å². The molecule has 0 bridgehead atoms. The minimum atomic E-state index is 0. The summed E-state index contributed by atoms with van der Waals surface area (Å²) in [5, 5.41) is 1.92. The van der Waals surface area contributed by atoms with E-state index >= 15 is 0 Å². The van der Waals surface area contributed by atoms with Gasteiger partial charge in [-0.15, -0.1) is 17.0 Å². The highest BCUT2D eigenvalue weighted by molar-refractivity contribution is 8.93. The van der Waals surface area contributed by atoms with Gasteiger partial charge in [-0.25, -0.2) is 5.01 Å². The van der Waals surface area contributed by atoms with Crippen molar-refractivity contribution in [1.82, 2.24) is 5.01 Å². The van der Waals surface area contributed by atoms with Crippen molar-refractivity contribution in [3.8, 4) is 0 Å². The molecule has 0 aliphatic heterocycles. The minimum absolute atomic E-state index is 0. The summed E-state index contributed by atoms with van der Waals surface area (Å²) < 4.78 is 0. The molecule has 70 valence electrons. The van der Waals surface area contributed by atoms with Gasteiger partial charge in [0.15, 0.2) is 0 Å². The molecule has 0 amide bonds.